The minimum atomic E-state index is -0.167. The quantitative estimate of drug-likeness (QED) is 0.882. The van der Waals surface area contributed by atoms with Crippen molar-refractivity contribution >= 4 is 21.8 Å². The molecule has 0 bridgehead atoms. The molecule has 4 nitrogen and oxygen atoms in total. The smallest absolute Gasteiger partial charge is 0.254 e. The van der Waals surface area contributed by atoms with Gasteiger partial charge >= 0.3 is 0 Å². The van der Waals surface area contributed by atoms with Crippen LogP contribution in [0.25, 0.3) is 0 Å². The highest BCUT2D eigenvalue weighted by atomic mass is 79.9. The number of nitrogens with one attached hydrogen (secondary N) is 1. The van der Waals surface area contributed by atoms with Gasteiger partial charge in [-0.25, -0.2) is 9.97 Å². The number of alkyl halides is 1. The van der Waals surface area contributed by atoms with Gasteiger partial charge in [0, 0.05) is 24.3 Å². The van der Waals surface area contributed by atoms with Crippen molar-refractivity contribution in [3.8, 4) is 0 Å². The van der Waals surface area contributed by atoms with Crippen LogP contribution >= 0.6 is 15.9 Å². The first kappa shape index (κ1) is 12.7. The van der Waals surface area contributed by atoms with Crippen molar-refractivity contribution in [2.75, 3.05) is 0 Å². The molecule has 1 heterocycles. The molecule has 18 heavy (non-hydrogen) atoms. The third-order valence-corrected chi connectivity index (χ3v) is 3.07. The predicted octanol–water partition coefficient (Wildman–Crippen LogP) is 2.30. The molecule has 5 heteroatoms. The van der Waals surface area contributed by atoms with Gasteiger partial charge in [0.05, 0.1) is 5.56 Å². The zero-order valence-electron chi connectivity index (χ0n) is 9.64. The summed E-state index contributed by atoms with van der Waals surface area (Å²) >= 11 is 3.40. The number of benzene rings is 1. The molecule has 1 aromatic carbocycles. The van der Waals surface area contributed by atoms with E-state index in [0.29, 0.717) is 12.1 Å². The van der Waals surface area contributed by atoms with Crippen molar-refractivity contribution in [1.29, 1.82) is 0 Å². The van der Waals surface area contributed by atoms with Crippen LogP contribution in [0.3, 0.4) is 0 Å². The summed E-state index contributed by atoms with van der Waals surface area (Å²) in [6, 6.07) is 8.04. The van der Waals surface area contributed by atoms with Crippen LogP contribution in [-0.4, -0.2) is 15.9 Å². The van der Waals surface area contributed by atoms with Gasteiger partial charge in [0.2, 0.25) is 0 Å². The molecule has 0 atom stereocenters. The highest BCUT2D eigenvalue weighted by molar-refractivity contribution is 9.08. The molecule has 1 amide bonds. The van der Waals surface area contributed by atoms with Crippen LogP contribution in [-0.2, 0) is 11.9 Å². The highest BCUT2D eigenvalue weighted by Crippen LogP contribution is 2.08. The van der Waals surface area contributed by atoms with Gasteiger partial charge in [-0.1, -0.05) is 40.2 Å². The lowest BCUT2D eigenvalue weighted by Gasteiger charge is -2.06. The van der Waals surface area contributed by atoms with E-state index >= 15 is 0 Å². The van der Waals surface area contributed by atoms with Gasteiger partial charge in [-0.05, 0) is 11.1 Å². The first-order valence-corrected chi connectivity index (χ1v) is 6.59. The number of nitrogens with zero attached hydrogens (tertiary/aromatic N) is 2. The predicted molar refractivity (Wildman–Crippen MR) is 72.3 cm³/mol. The third-order valence-electron chi connectivity index (χ3n) is 2.42. The monoisotopic (exact) mass is 305 g/mol. The molecule has 2 aromatic rings. The number of halogens is 1. The number of hydrogen-bond donors (Lipinski definition) is 1. The van der Waals surface area contributed by atoms with Crippen LogP contribution in [0.5, 0.6) is 0 Å². The van der Waals surface area contributed by atoms with Crippen molar-refractivity contribution in [1.82, 2.24) is 15.3 Å². The fourth-order valence-electron chi connectivity index (χ4n) is 1.52. The summed E-state index contributed by atoms with van der Waals surface area (Å²) in [6.45, 7) is 0.495. The molecule has 2 rings (SSSR count). The average molecular weight is 306 g/mol. The Morgan fingerprint density at radius 1 is 1.22 bits per heavy atom. The van der Waals surface area contributed by atoms with Crippen molar-refractivity contribution in [3.05, 3.63) is 59.7 Å². The maximum atomic E-state index is 11.8. The maximum Gasteiger partial charge on any atom is 0.254 e. The number of hydrogen-bond acceptors (Lipinski definition) is 3. The number of carbonyl (C=O) groups is 1. The third kappa shape index (κ3) is 3.37. The lowest BCUT2D eigenvalue weighted by atomic mass is 10.1. The van der Waals surface area contributed by atoms with Crippen molar-refractivity contribution in [2.24, 2.45) is 0 Å². The number of amides is 1. The molecule has 0 spiro atoms. The van der Waals surface area contributed by atoms with Gasteiger partial charge in [0.15, 0.2) is 0 Å². The van der Waals surface area contributed by atoms with Gasteiger partial charge in [0.25, 0.3) is 5.91 Å². The Hall–Kier alpha value is -1.75. The van der Waals surface area contributed by atoms with E-state index in [-0.39, 0.29) is 5.91 Å². The molecular formula is C13H12BrN3O. The van der Waals surface area contributed by atoms with Crippen LogP contribution in [0.2, 0.25) is 0 Å². The number of rotatable bonds is 4. The fourth-order valence-corrected chi connectivity index (χ4v) is 1.87. The van der Waals surface area contributed by atoms with Crippen LogP contribution in [0.1, 0.15) is 21.5 Å². The molecule has 1 aromatic heterocycles. The normalized spacial score (nSPS) is 10.1. The summed E-state index contributed by atoms with van der Waals surface area (Å²) < 4.78 is 0. The molecule has 0 unspecified atom stereocenters. The fraction of sp³-hybridized carbons (Fsp3) is 0.154. The van der Waals surface area contributed by atoms with Gasteiger partial charge in [-0.3, -0.25) is 4.79 Å². The lowest BCUT2D eigenvalue weighted by molar-refractivity contribution is 0.0950. The number of aromatic nitrogens is 2. The first-order valence-electron chi connectivity index (χ1n) is 5.46. The molecule has 1 N–H and O–H groups in total. The standard InChI is InChI=1S/C13H12BrN3O/c14-5-10-2-1-3-11(4-10)6-17-13(18)12-7-15-9-16-8-12/h1-4,7-9H,5-6H2,(H,17,18). The van der Waals surface area contributed by atoms with E-state index in [9.17, 15) is 4.79 Å². The minimum Gasteiger partial charge on any atom is -0.348 e. The molecular weight excluding hydrogens is 294 g/mol. The van der Waals surface area contributed by atoms with Crippen LogP contribution in [0.4, 0.5) is 0 Å². The maximum absolute atomic E-state index is 11.8. The van der Waals surface area contributed by atoms with Crippen LogP contribution < -0.4 is 5.32 Å². The zero-order chi connectivity index (χ0) is 12.8. The lowest BCUT2D eigenvalue weighted by Crippen LogP contribution is -2.23. The van der Waals surface area contributed by atoms with Crippen LogP contribution in [0, 0.1) is 0 Å². The van der Waals surface area contributed by atoms with E-state index in [4.69, 9.17) is 0 Å². The van der Waals surface area contributed by atoms with Crippen molar-refractivity contribution in [2.45, 2.75) is 11.9 Å². The van der Waals surface area contributed by atoms with E-state index in [1.54, 1.807) is 0 Å². The molecule has 92 valence electrons. The molecule has 0 aliphatic heterocycles. The zero-order valence-corrected chi connectivity index (χ0v) is 11.2. The summed E-state index contributed by atoms with van der Waals surface area (Å²) in [7, 11) is 0. The Labute approximate surface area is 114 Å². The first-order chi connectivity index (χ1) is 8.79. The Kier molecular flexibility index (Phi) is 4.41. The molecule has 0 aliphatic rings. The molecule has 0 saturated heterocycles. The average Bonchev–Trinajstić information content (AvgIpc) is 2.46. The van der Waals surface area contributed by atoms with Gasteiger partial charge < -0.3 is 5.32 Å². The summed E-state index contributed by atoms with van der Waals surface area (Å²) in [5.41, 5.74) is 2.72. The second-order valence-electron chi connectivity index (χ2n) is 3.76. The van der Waals surface area contributed by atoms with E-state index in [2.05, 4.69) is 37.3 Å². The Morgan fingerprint density at radius 2 is 1.94 bits per heavy atom. The Bertz CT molecular complexity index is 531. The van der Waals surface area contributed by atoms with E-state index in [1.165, 1.54) is 24.3 Å². The SMILES string of the molecule is O=C(NCc1cccc(CBr)c1)c1cncnc1. The van der Waals surface area contributed by atoms with Crippen LogP contribution in [0.15, 0.2) is 43.0 Å². The second kappa shape index (κ2) is 6.26. The van der Waals surface area contributed by atoms with Gasteiger partial charge in [0.1, 0.15) is 6.33 Å². The molecule has 0 radical (unpaired) electrons. The molecule has 0 saturated carbocycles. The van der Waals surface area contributed by atoms with Crippen molar-refractivity contribution < 1.29 is 4.79 Å². The minimum absolute atomic E-state index is 0.167. The Balaban J connectivity index is 1.97. The largest absolute Gasteiger partial charge is 0.348 e. The topological polar surface area (TPSA) is 54.9 Å². The van der Waals surface area contributed by atoms with Gasteiger partial charge in [-0.15, -0.1) is 0 Å². The van der Waals surface area contributed by atoms with Crippen molar-refractivity contribution in [3.63, 3.8) is 0 Å². The summed E-state index contributed by atoms with van der Waals surface area (Å²) in [6.07, 6.45) is 4.39. The van der Waals surface area contributed by atoms with E-state index < -0.39 is 0 Å². The molecule has 0 fully saturated rings. The second-order valence-corrected chi connectivity index (χ2v) is 4.32. The Morgan fingerprint density at radius 3 is 2.67 bits per heavy atom. The van der Waals surface area contributed by atoms with E-state index in [0.717, 1.165) is 10.9 Å². The molecule has 0 aliphatic carbocycles. The summed E-state index contributed by atoms with van der Waals surface area (Å²) in [4.78, 5) is 19.4. The number of carbonyl (C=O) groups excluding carboxylic acids is 1. The van der Waals surface area contributed by atoms with Gasteiger partial charge in [-0.2, -0.15) is 0 Å². The highest BCUT2D eigenvalue weighted by Gasteiger charge is 2.05. The summed E-state index contributed by atoms with van der Waals surface area (Å²) in [5, 5.41) is 3.64. The summed E-state index contributed by atoms with van der Waals surface area (Å²) in [5.74, 6) is -0.167. The van der Waals surface area contributed by atoms with E-state index in [1.807, 2.05) is 18.2 Å².